The van der Waals surface area contributed by atoms with Gasteiger partial charge in [0.2, 0.25) is 0 Å². The number of fused-ring (bicyclic) bond motifs is 1. The number of rotatable bonds is 5. The first-order valence-corrected chi connectivity index (χ1v) is 14.2. The number of carbonyl (C=O) groups is 2. The number of aryl methyl sites for hydroxylation is 1. The van der Waals surface area contributed by atoms with E-state index in [0.717, 1.165) is 31.0 Å². The van der Waals surface area contributed by atoms with Crippen molar-refractivity contribution in [1.29, 1.82) is 0 Å². The normalized spacial score (nSPS) is 17.0. The van der Waals surface area contributed by atoms with E-state index >= 15 is 0 Å². The molecule has 204 valence electrons. The quantitative estimate of drug-likeness (QED) is 0.412. The van der Waals surface area contributed by atoms with Gasteiger partial charge in [-0.15, -0.1) is 0 Å². The summed E-state index contributed by atoms with van der Waals surface area (Å²) in [5.41, 5.74) is 8.76. The molecule has 1 saturated heterocycles. The average molecular weight is 555 g/mol. The molecule has 11 heteroatoms. The molecule has 4 N–H and O–H groups in total. The summed E-state index contributed by atoms with van der Waals surface area (Å²) in [6.45, 7) is 4.72. The number of hydrogen-bond donors (Lipinski definition) is 3. The predicted molar refractivity (Wildman–Crippen MR) is 144 cm³/mol. The average Bonchev–Trinajstić information content (AvgIpc) is 3.35. The summed E-state index contributed by atoms with van der Waals surface area (Å²) < 4.78 is 54.4. The lowest BCUT2D eigenvalue weighted by atomic mass is 10.0. The lowest BCUT2D eigenvalue weighted by Crippen LogP contribution is -2.43. The number of H-pyrrole nitrogens is 1. The summed E-state index contributed by atoms with van der Waals surface area (Å²) in [7, 11) is -4.15. The minimum absolute atomic E-state index is 0.0863. The van der Waals surface area contributed by atoms with Gasteiger partial charge in [0.05, 0.1) is 21.8 Å². The summed E-state index contributed by atoms with van der Waals surface area (Å²) in [5, 5.41) is 2.71. The number of halogens is 2. The predicted octanol–water partition coefficient (Wildman–Crippen LogP) is 3.94. The SMILES string of the molecule is Cc1[nH]c(C=C2C(=O)Nc3ccc(S(=O)(=O)Cc4c(F)cccc4F)cc32)c(C)c1C(=O)N1CCC(N)CC1. The van der Waals surface area contributed by atoms with Crippen LogP contribution in [0.2, 0.25) is 0 Å². The van der Waals surface area contributed by atoms with Crippen molar-refractivity contribution in [1.82, 2.24) is 9.88 Å². The van der Waals surface area contributed by atoms with E-state index in [4.69, 9.17) is 5.73 Å². The van der Waals surface area contributed by atoms with E-state index in [1.807, 2.05) is 0 Å². The van der Waals surface area contributed by atoms with Crippen LogP contribution in [0.25, 0.3) is 11.6 Å². The number of sulfone groups is 1. The first kappa shape index (κ1) is 26.8. The Bertz CT molecular complexity index is 1620. The number of amides is 2. The number of piperidine rings is 1. The Morgan fingerprint density at radius 1 is 1.13 bits per heavy atom. The molecule has 39 heavy (non-hydrogen) atoms. The van der Waals surface area contributed by atoms with Crippen LogP contribution in [0, 0.1) is 25.5 Å². The van der Waals surface area contributed by atoms with Crippen LogP contribution in [0.1, 0.15) is 51.3 Å². The molecule has 0 unspecified atom stereocenters. The number of anilines is 1. The molecule has 0 radical (unpaired) electrons. The van der Waals surface area contributed by atoms with Gasteiger partial charge < -0.3 is 20.9 Å². The summed E-state index contributed by atoms with van der Waals surface area (Å²) >= 11 is 0. The van der Waals surface area contributed by atoms with Crippen molar-refractivity contribution in [3.8, 4) is 0 Å². The number of aromatic amines is 1. The molecule has 0 bridgehead atoms. The van der Waals surface area contributed by atoms with Crippen molar-refractivity contribution in [3.05, 3.63) is 81.7 Å². The number of benzene rings is 2. The third kappa shape index (κ3) is 4.99. The molecule has 1 fully saturated rings. The second kappa shape index (κ2) is 10.0. The van der Waals surface area contributed by atoms with E-state index in [2.05, 4.69) is 10.3 Å². The van der Waals surface area contributed by atoms with Crippen LogP contribution in [0.3, 0.4) is 0 Å². The largest absolute Gasteiger partial charge is 0.358 e. The van der Waals surface area contributed by atoms with Crippen molar-refractivity contribution in [2.75, 3.05) is 18.4 Å². The lowest BCUT2D eigenvalue weighted by molar-refractivity contribution is -0.110. The van der Waals surface area contributed by atoms with Crippen molar-refractivity contribution in [3.63, 3.8) is 0 Å². The van der Waals surface area contributed by atoms with Gasteiger partial charge in [0.25, 0.3) is 11.8 Å². The van der Waals surface area contributed by atoms with Crippen molar-refractivity contribution >= 4 is 39.0 Å². The first-order valence-electron chi connectivity index (χ1n) is 12.5. The number of likely N-dealkylation sites (tertiary alicyclic amines) is 1. The van der Waals surface area contributed by atoms with Gasteiger partial charge in [-0.1, -0.05) is 6.07 Å². The van der Waals surface area contributed by atoms with Crippen molar-refractivity contribution in [2.24, 2.45) is 5.73 Å². The third-order valence-corrected chi connectivity index (χ3v) is 8.98. The number of carbonyl (C=O) groups excluding carboxylic acids is 2. The molecule has 1 aromatic heterocycles. The molecule has 0 aliphatic carbocycles. The van der Waals surface area contributed by atoms with E-state index in [9.17, 15) is 26.8 Å². The molecule has 2 aliphatic rings. The molecule has 5 rings (SSSR count). The molecule has 0 spiro atoms. The molecule has 2 aliphatic heterocycles. The number of nitrogens with zero attached hydrogens (tertiary/aromatic N) is 1. The zero-order chi connectivity index (χ0) is 28.1. The van der Waals surface area contributed by atoms with E-state index in [-0.39, 0.29) is 22.4 Å². The Morgan fingerprint density at radius 2 is 1.79 bits per heavy atom. The van der Waals surface area contributed by atoms with Gasteiger partial charge in [0.15, 0.2) is 9.84 Å². The van der Waals surface area contributed by atoms with Gasteiger partial charge >= 0.3 is 0 Å². The summed E-state index contributed by atoms with van der Waals surface area (Å²) in [5.74, 6) is -3.32. The van der Waals surface area contributed by atoms with E-state index < -0.39 is 38.7 Å². The van der Waals surface area contributed by atoms with Crippen LogP contribution in [0.5, 0.6) is 0 Å². The lowest BCUT2D eigenvalue weighted by Gasteiger charge is -2.30. The van der Waals surface area contributed by atoms with E-state index in [1.165, 1.54) is 18.2 Å². The number of nitrogens with two attached hydrogens (primary N) is 1. The summed E-state index contributed by atoms with van der Waals surface area (Å²) in [4.78, 5) is 30.9. The Labute approximate surface area is 224 Å². The highest BCUT2D eigenvalue weighted by molar-refractivity contribution is 7.90. The van der Waals surface area contributed by atoms with Gasteiger partial charge in [-0.3, -0.25) is 9.59 Å². The Morgan fingerprint density at radius 3 is 2.46 bits per heavy atom. The van der Waals surface area contributed by atoms with Gasteiger partial charge in [0.1, 0.15) is 11.6 Å². The molecule has 3 heterocycles. The van der Waals surface area contributed by atoms with Crippen LogP contribution in [0.15, 0.2) is 41.3 Å². The Kier molecular flexibility index (Phi) is 6.90. The van der Waals surface area contributed by atoms with Gasteiger partial charge in [-0.05, 0) is 68.7 Å². The first-order chi connectivity index (χ1) is 18.5. The van der Waals surface area contributed by atoms with E-state index in [1.54, 1.807) is 24.8 Å². The number of hydrogen-bond acceptors (Lipinski definition) is 5. The second-order valence-corrected chi connectivity index (χ2v) is 12.0. The number of nitrogens with one attached hydrogen (secondary N) is 2. The van der Waals surface area contributed by atoms with Crippen LogP contribution >= 0.6 is 0 Å². The Hall–Kier alpha value is -3.83. The molecule has 3 aromatic rings. The van der Waals surface area contributed by atoms with Gasteiger partial charge in [-0.25, -0.2) is 17.2 Å². The van der Waals surface area contributed by atoms with Crippen LogP contribution < -0.4 is 11.1 Å². The van der Waals surface area contributed by atoms with Crippen LogP contribution in [-0.2, 0) is 20.4 Å². The van der Waals surface area contributed by atoms with Crippen molar-refractivity contribution < 1.29 is 26.8 Å². The fraction of sp³-hybridized carbons (Fsp3) is 0.286. The summed E-state index contributed by atoms with van der Waals surface area (Å²) in [6, 6.07) is 7.31. The molecule has 0 atom stereocenters. The minimum Gasteiger partial charge on any atom is -0.358 e. The second-order valence-electron chi connectivity index (χ2n) is 9.97. The smallest absolute Gasteiger partial charge is 0.256 e. The fourth-order valence-electron chi connectivity index (χ4n) is 5.09. The maximum absolute atomic E-state index is 14.1. The molecule has 8 nitrogen and oxygen atoms in total. The highest BCUT2D eigenvalue weighted by atomic mass is 32.2. The highest BCUT2D eigenvalue weighted by Crippen LogP contribution is 2.36. The maximum Gasteiger partial charge on any atom is 0.256 e. The van der Waals surface area contributed by atoms with Crippen LogP contribution in [0.4, 0.5) is 14.5 Å². The molecular weight excluding hydrogens is 526 g/mol. The maximum atomic E-state index is 14.1. The molecule has 0 saturated carbocycles. The summed E-state index contributed by atoms with van der Waals surface area (Å²) in [6.07, 6.45) is 3.05. The molecule has 2 aromatic carbocycles. The van der Waals surface area contributed by atoms with Gasteiger partial charge in [0, 0.05) is 47.3 Å². The zero-order valence-electron chi connectivity index (χ0n) is 21.5. The topological polar surface area (TPSA) is 125 Å². The highest BCUT2D eigenvalue weighted by Gasteiger charge is 2.30. The number of aromatic nitrogens is 1. The van der Waals surface area contributed by atoms with Crippen molar-refractivity contribution in [2.45, 2.75) is 43.4 Å². The van der Waals surface area contributed by atoms with E-state index in [0.29, 0.717) is 46.9 Å². The molecular formula is C28H28F2N4O4S. The molecule has 2 amide bonds. The van der Waals surface area contributed by atoms with Crippen LogP contribution in [-0.4, -0.2) is 49.2 Å². The fourth-order valence-corrected chi connectivity index (χ4v) is 6.49. The standard InChI is InChI=1S/C28H28F2N4O4S/c1-15-25(32-16(2)26(15)28(36)34-10-8-17(31)9-11-34)13-20-19-12-18(6-7-24(19)33-27(20)35)39(37,38)14-21-22(29)4-3-5-23(21)30/h3-7,12-13,17,32H,8-11,14,31H2,1-2H3,(H,33,35). The third-order valence-electron chi connectivity index (χ3n) is 7.33. The minimum atomic E-state index is -4.15. The zero-order valence-corrected chi connectivity index (χ0v) is 22.3. The Balaban J connectivity index is 1.48. The van der Waals surface area contributed by atoms with Gasteiger partial charge in [-0.2, -0.15) is 0 Å². The monoisotopic (exact) mass is 554 g/mol.